The third-order valence-electron chi connectivity index (χ3n) is 4.02. The van der Waals surface area contributed by atoms with Crippen molar-refractivity contribution in [1.29, 1.82) is 0 Å². The number of phenolic OH excluding ortho intramolecular Hbond substituents is 1. The molecule has 4 nitrogen and oxygen atoms in total. The second-order valence-corrected chi connectivity index (χ2v) is 5.62. The molecule has 0 aliphatic carbocycles. The Hall–Kier alpha value is -3.01. The molecular formula is C20H19NO3. The zero-order valence-corrected chi connectivity index (χ0v) is 13.4. The van der Waals surface area contributed by atoms with E-state index in [0.717, 1.165) is 16.7 Å². The van der Waals surface area contributed by atoms with E-state index >= 15 is 0 Å². The number of ether oxygens (including phenoxy) is 1. The molecular weight excluding hydrogens is 302 g/mol. The minimum Gasteiger partial charge on any atom is -0.508 e. The van der Waals surface area contributed by atoms with Crippen LogP contribution in [-0.2, 0) is 16.0 Å². The topological polar surface area (TPSA) is 51.5 Å². The lowest BCUT2D eigenvalue weighted by molar-refractivity contribution is -0.144. The van der Waals surface area contributed by atoms with Crippen molar-refractivity contribution in [2.45, 2.75) is 12.5 Å². The van der Waals surface area contributed by atoms with Gasteiger partial charge in [-0.15, -0.1) is 0 Å². The number of hydrogen-bond donors (Lipinski definition) is 1. The summed E-state index contributed by atoms with van der Waals surface area (Å²) in [6.45, 7) is 0. The highest BCUT2D eigenvalue weighted by molar-refractivity contribution is 5.75. The molecule has 0 saturated carbocycles. The number of rotatable bonds is 5. The first kappa shape index (κ1) is 15.9. The molecule has 0 saturated heterocycles. The molecule has 1 aromatic heterocycles. The van der Waals surface area contributed by atoms with Gasteiger partial charge >= 0.3 is 5.97 Å². The van der Waals surface area contributed by atoms with Crippen LogP contribution in [0.25, 0.3) is 11.1 Å². The Morgan fingerprint density at radius 2 is 1.75 bits per heavy atom. The molecule has 3 rings (SSSR count). The van der Waals surface area contributed by atoms with Crippen molar-refractivity contribution < 1.29 is 14.6 Å². The molecule has 122 valence electrons. The summed E-state index contributed by atoms with van der Waals surface area (Å²) in [6, 6.07) is 18.4. The standard InChI is InChI=1S/C20H19NO3/c1-24-20(23)19(13-15-7-9-18(22)10-8-15)21-12-11-17(14-21)16-5-3-2-4-6-16/h2-12,14,19,22H,13H2,1H3/t19-/m0/s1. The van der Waals surface area contributed by atoms with Crippen LogP contribution < -0.4 is 0 Å². The smallest absolute Gasteiger partial charge is 0.329 e. The van der Waals surface area contributed by atoms with E-state index in [4.69, 9.17) is 4.74 Å². The molecule has 0 aliphatic heterocycles. The third-order valence-corrected chi connectivity index (χ3v) is 4.02. The van der Waals surface area contributed by atoms with Gasteiger partial charge in [0, 0.05) is 18.8 Å². The van der Waals surface area contributed by atoms with Crippen LogP contribution in [0, 0.1) is 0 Å². The van der Waals surface area contributed by atoms with E-state index in [0.29, 0.717) is 6.42 Å². The van der Waals surface area contributed by atoms with Gasteiger partial charge in [-0.3, -0.25) is 0 Å². The Morgan fingerprint density at radius 3 is 2.42 bits per heavy atom. The first-order chi connectivity index (χ1) is 11.7. The molecule has 4 heteroatoms. The molecule has 0 amide bonds. The lowest BCUT2D eigenvalue weighted by Gasteiger charge is -2.16. The summed E-state index contributed by atoms with van der Waals surface area (Å²) in [4.78, 5) is 12.2. The van der Waals surface area contributed by atoms with Gasteiger partial charge < -0.3 is 14.4 Å². The lowest BCUT2D eigenvalue weighted by Crippen LogP contribution is -2.22. The maximum absolute atomic E-state index is 12.2. The predicted octanol–water partition coefficient (Wildman–Crippen LogP) is 3.82. The monoisotopic (exact) mass is 321 g/mol. The van der Waals surface area contributed by atoms with Crippen LogP contribution in [0.5, 0.6) is 5.75 Å². The van der Waals surface area contributed by atoms with Gasteiger partial charge in [0.2, 0.25) is 0 Å². The van der Waals surface area contributed by atoms with Crippen molar-refractivity contribution >= 4 is 5.97 Å². The first-order valence-corrected chi connectivity index (χ1v) is 7.76. The fraction of sp³-hybridized carbons (Fsp3) is 0.150. The summed E-state index contributed by atoms with van der Waals surface area (Å²) in [5.41, 5.74) is 3.11. The van der Waals surface area contributed by atoms with E-state index in [2.05, 4.69) is 0 Å². The summed E-state index contributed by atoms with van der Waals surface area (Å²) in [5.74, 6) is -0.0843. The van der Waals surface area contributed by atoms with Crippen LogP contribution in [0.15, 0.2) is 73.1 Å². The van der Waals surface area contributed by atoms with Gasteiger partial charge in [0.05, 0.1) is 7.11 Å². The molecule has 0 radical (unpaired) electrons. The van der Waals surface area contributed by atoms with Crippen molar-refractivity contribution in [3.63, 3.8) is 0 Å². The van der Waals surface area contributed by atoms with Crippen LogP contribution in [0.4, 0.5) is 0 Å². The van der Waals surface area contributed by atoms with E-state index in [9.17, 15) is 9.90 Å². The first-order valence-electron chi connectivity index (χ1n) is 7.76. The van der Waals surface area contributed by atoms with Gasteiger partial charge in [0.15, 0.2) is 0 Å². The van der Waals surface area contributed by atoms with Crippen LogP contribution in [0.3, 0.4) is 0 Å². The molecule has 0 spiro atoms. The molecule has 1 heterocycles. The number of phenols is 1. The summed E-state index contributed by atoms with van der Waals surface area (Å²) in [6.07, 6.45) is 4.34. The molecule has 3 aromatic rings. The van der Waals surface area contributed by atoms with Crippen molar-refractivity contribution in [2.75, 3.05) is 7.11 Å². The fourth-order valence-electron chi connectivity index (χ4n) is 2.71. The predicted molar refractivity (Wildman–Crippen MR) is 92.7 cm³/mol. The van der Waals surface area contributed by atoms with Gasteiger partial charge in [-0.1, -0.05) is 42.5 Å². The highest BCUT2D eigenvalue weighted by Gasteiger charge is 2.21. The van der Waals surface area contributed by atoms with E-state index in [1.165, 1.54) is 7.11 Å². The molecule has 0 fully saturated rings. The quantitative estimate of drug-likeness (QED) is 0.727. The number of carbonyl (C=O) groups excluding carboxylic acids is 1. The van der Waals surface area contributed by atoms with Gasteiger partial charge in [-0.05, 0) is 34.9 Å². The van der Waals surface area contributed by atoms with Crippen LogP contribution in [0.1, 0.15) is 11.6 Å². The van der Waals surface area contributed by atoms with E-state index in [1.54, 1.807) is 12.1 Å². The molecule has 0 aliphatic rings. The van der Waals surface area contributed by atoms with Crippen molar-refractivity contribution in [3.05, 3.63) is 78.6 Å². The Labute approximate surface area is 140 Å². The number of hydrogen-bond acceptors (Lipinski definition) is 3. The Kier molecular flexibility index (Phi) is 4.66. The largest absolute Gasteiger partial charge is 0.508 e. The van der Waals surface area contributed by atoms with Crippen LogP contribution in [-0.4, -0.2) is 22.8 Å². The van der Waals surface area contributed by atoms with E-state index < -0.39 is 6.04 Å². The second kappa shape index (κ2) is 7.04. The summed E-state index contributed by atoms with van der Waals surface area (Å²) in [7, 11) is 1.40. The maximum Gasteiger partial charge on any atom is 0.329 e. The number of esters is 1. The van der Waals surface area contributed by atoms with Gasteiger partial charge in [0.1, 0.15) is 11.8 Å². The van der Waals surface area contributed by atoms with Crippen LogP contribution in [0.2, 0.25) is 0 Å². The SMILES string of the molecule is COC(=O)[C@H](Cc1ccc(O)cc1)n1ccc(-c2ccccc2)c1. The Balaban J connectivity index is 1.88. The fourth-order valence-corrected chi connectivity index (χ4v) is 2.71. The number of aromatic nitrogens is 1. The molecule has 0 unspecified atom stereocenters. The Morgan fingerprint density at radius 1 is 1.04 bits per heavy atom. The van der Waals surface area contributed by atoms with Gasteiger partial charge in [-0.2, -0.15) is 0 Å². The zero-order chi connectivity index (χ0) is 16.9. The number of carbonyl (C=O) groups is 1. The van der Waals surface area contributed by atoms with E-state index in [-0.39, 0.29) is 11.7 Å². The number of methoxy groups -OCH3 is 1. The number of nitrogens with zero attached hydrogens (tertiary/aromatic N) is 1. The molecule has 1 atom stereocenters. The molecule has 1 N–H and O–H groups in total. The molecule has 2 aromatic carbocycles. The maximum atomic E-state index is 12.2. The summed E-state index contributed by atoms with van der Waals surface area (Å²) < 4.78 is 6.84. The van der Waals surface area contributed by atoms with Crippen LogP contribution >= 0.6 is 0 Å². The highest BCUT2D eigenvalue weighted by atomic mass is 16.5. The number of benzene rings is 2. The lowest BCUT2D eigenvalue weighted by atomic mass is 10.1. The minimum atomic E-state index is -0.447. The van der Waals surface area contributed by atoms with Crippen molar-refractivity contribution in [1.82, 2.24) is 4.57 Å². The average molecular weight is 321 g/mol. The van der Waals surface area contributed by atoms with Crippen molar-refractivity contribution in [2.24, 2.45) is 0 Å². The normalized spacial score (nSPS) is 11.9. The zero-order valence-electron chi connectivity index (χ0n) is 13.4. The van der Waals surface area contributed by atoms with Crippen molar-refractivity contribution in [3.8, 4) is 16.9 Å². The van der Waals surface area contributed by atoms with E-state index in [1.807, 2.05) is 65.5 Å². The third kappa shape index (κ3) is 3.49. The molecule has 24 heavy (non-hydrogen) atoms. The summed E-state index contributed by atoms with van der Waals surface area (Å²) >= 11 is 0. The highest BCUT2D eigenvalue weighted by Crippen LogP contribution is 2.24. The number of aromatic hydroxyl groups is 1. The average Bonchev–Trinajstić information content (AvgIpc) is 3.11. The second-order valence-electron chi connectivity index (χ2n) is 5.62. The van der Waals surface area contributed by atoms with Gasteiger partial charge in [0.25, 0.3) is 0 Å². The Bertz CT molecular complexity index is 806. The minimum absolute atomic E-state index is 0.209. The molecule has 0 bridgehead atoms. The summed E-state index contributed by atoms with van der Waals surface area (Å²) in [5, 5.41) is 9.40. The van der Waals surface area contributed by atoms with Gasteiger partial charge in [-0.25, -0.2) is 4.79 Å².